The molecule has 1 N–H and O–H groups in total. The molecule has 30 heavy (non-hydrogen) atoms. The number of carbonyl (C=O) groups excluding carboxylic acids is 2. The quantitative estimate of drug-likeness (QED) is 0.265. The summed E-state index contributed by atoms with van der Waals surface area (Å²) in [5.41, 5.74) is 1.59. The van der Waals surface area contributed by atoms with Crippen LogP contribution in [0.3, 0.4) is 0 Å². The number of nitrogens with one attached hydrogen (secondary N) is 1. The standard InChI is InChI=1S/C19H20BrCl2N3O2S2.CH4/c20-8-17(26)16-10-28-19(24-16)29-11-18(27)23-13-3-5-25(6-4-13)9-12-1-2-14(21)15(22)7-12;/h1-2,7,10,13H,3-6,8-9,11H2,(H,23,27);1H4. The van der Waals surface area contributed by atoms with Crippen molar-refractivity contribution in [1.29, 1.82) is 0 Å². The van der Waals surface area contributed by atoms with Crippen molar-refractivity contribution in [3.05, 3.63) is 44.9 Å². The molecule has 10 heteroatoms. The number of amides is 1. The predicted octanol–water partition coefficient (Wildman–Crippen LogP) is 5.54. The number of thiazole rings is 1. The maximum Gasteiger partial charge on any atom is 0.230 e. The number of halogens is 3. The van der Waals surface area contributed by atoms with Crippen LogP contribution in [-0.4, -0.2) is 51.8 Å². The third-order valence-electron chi connectivity index (χ3n) is 4.56. The third-order valence-corrected chi connectivity index (χ3v) is 7.83. The van der Waals surface area contributed by atoms with Gasteiger partial charge in [0.25, 0.3) is 0 Å². The highest BCUT2D eigenvalue weighted by molar-refractivity contribution is 9.09. The second-order valence-electron chi connectivity index (χ2n) is 6.71. The van der Waals surface area contributed by atoms with E-state index in [2.05, 4.69) is 31.1 Å². The number of rotatable bonds is 8. The van der Waals surface area contributed by atoms with Gasteiger partial charge in [0.05, 0.1) is 21.1 Å². The first-order valence-corrected chi connectivity index (χ1v) is 12.8. The van der Waals surface area contributed by atoms with Gasteiger partial charge in [0, 0.05) is 31.1 Å². The van der Waals surface area contributed by atoms with Crippen LogP contribution in [-0.2, 0) is 11.3 Å². The van der Waals surface area contributed by atoms with E-state index >= 15 is 0 Å². The van der Waals surface area contributed by atoms with Gasteiger partial charge in [0.1, 0.15) is 5.69 Å². The molecule has 0 unspecified atom stereocenters. The Morgan fingerprint density at radius 1 is 1.27 bits per heavy atom. The molecule has 1 fully saturated rings. The number of thioether (sulfide) groups is 1. The van der Waals surface area contributed by atoms with E-state index in [1.54, 1.807) is 5.38 Å². The molecule has 2 heterocycles. The Labute approximate surface area is 204 Å². The molecule has 1 aromatic carbocycles. The summed E-state index contributed by atoms with van der Waals surface area (Å²) in [4.78, 5) is 30.5. The Hall–Kier alpha value is -0.640. The van der Waals surface area contributed by atoms with E-state index < -0.39 is 0 Å². The predicted molar refractivity (Wildman–Crippen MR) is 131 cm³/mol. The molecule has 164 valence electrons. The lowest BCUT2D eigenvalue weighted by Gasteiger charge is -2.32. The van der Waals surface area contributed by atoms with Crippen LogP contribution >= 0.6 is 62.2 Å². The van der Waals surface area contributed by atoms with Crippen molar-refractivity contribution in [3.63, 3.8) is 0 Å². The number of benzene rings is 1. The van der Waals surface area contributed by atoms with Crippen LogP contribution < -0.4 is 5.32 Å². The highest BCUT2D eigenvalue weighted by Crippen LogP contribution is 2.25. The van der Waals surface area contributed by atoms with E-state index in [0.717, 1.165) is 42.4 Å². The number of ketones is 1. The first-order chi connectivity index (χ1) is 13.9. The number of hydrogen-bond acceptors (Lipinski definition) is 6. The molecule has 1 aliphatic rings. The number of Topliss-reactive ketones (excluding diaryl/α,β-unsaturated/α-hetero) is 1. The highest BCUT2D eigenvalue weighted by Gasteiger charge is 2.21. The van der Waals surface area contributed by atoms with Gasteiger partial charge >= 0.3 is 0 Å². The Bertz CT molecular complexity index is 873. The molecule has 0 aliphatic carbocycles. The van der Waals surface area contributed by atoms with Gasteiger partial charge in [-0.3, -0.25) is 14.5 Å². The average Bonchev–Trinajstić information content (AvgIpc) is 3.19. The highest BCUT2D eigenvalue weighted by atomic mass is 79.9. The Balaban J connectivity index is 0.00000320. The van der Waals surface area contributed by atoms with E-state index in [4.69, 9.17) is 23.2 Å². The zero-order chi connectivity index (χ0) is 20.8. The summed E-state index contributed by atoms with van der Waals surface area (Å²) >= 11 is 17.9. The van der Waals surface area contributed by atoms with E-state index in [1.807, 2.05) is 18.2 Å². The number of likely N-dealkylation sites (tertiary alicyclic amines) is 1. The van der Waals surface area contributed by atoms with Gasteiger partial charge in [-0.1, -0.05) is 64.4 Å². The number of alkyl halides is 1. The molecule has 5 nitrogen and oxygen atoms in total. The topological polar surface area (TPSA) is 62.3 Å². The summed E-state index contributed by atoms with van der Waals surface area (Å²) < 4.78 is 0.737. The van der Waals surface area contributed by atoms with Gasteiger partial charge in [0.2, 0.25) is 5.91 Å². The molecule has 1 amide bonds. The fourth-order valence-electron chi connectivity index (χ4n) is 3.05. The molecule has 0 spiro atoms. The van der Waals surface area contributed by atoms with Crippen LogP contribution in [0.25, 0.3) is 0 Å². The average molecular weight is 553 g/mol. The Kier molecular flexibility index (Phi) is 10.6. The first-order valence-electron chi connectivity index (χ1n) is 9.07. The summed E-state index contributed by atoms with van der Waals surface area (Å²) in [6.45, 7) is 2.67. The number of piperidine rings is 1. The van der Waals surface area contributed by atoms with Gasteiger partial charge in [-0.25, -0.2) is 4.98 Å². The van der Waals surface area contributed by atoms with Crippen molar-refractivity contribution in [2.24, 2.45) is 0 Å². The van der Waals surface area contributed by atoms with Crippen molar-refractivity contribution in [1.82, 2.24) is 15.2 Å². The maximum atomic E-state index is 12.3. The summed E-state index contributed by atoms with van der Waals surface area (Å²) in [7, 11) is 0. The van der Waals surface area contributed by atoms with Crippen molar-refractivity contribution >= 4 is 73.9 Å². The van der Waals surface area contributed by atoms with Gasteiger partial charge in [-0.2, -0.15) is 0 Å². The molecule has 1 saturated heterocycles. The normalized spacial score (nSPS) is 14.9. The van der Waals surface area contributed by atoms with Crippen LogP contribution in [0.1, 0.15) is 36.3 Å². The fourth-order valence-corrected chi connectivity index (χ4v) is 5.30. The zero-order valence-electron chi connectivity index (χ0n) is 15.5. The lowest BCUT2D eigenvalue weighted by molar-refractivity contribution is -0.119. The molecule has 2 aromatic rings. The van der Waals surface area contributed by atoms with Gasteiger partial charge in [-0.15, -0.1) is 11.3 Å². The summed E-state index contributed by atoms with van der Waals surface area (Å²) in [6, 6.07) is 5.92. The summed E-state index contributed by atoms with van der Waals surface area (Å²) in [6.07, 6.45) is 1.83. The van der Waals surface area contributed by atoms with E-state index in [1.165, 1.54) is 23.1 Å². The summed E-state index contributed by atoms with van der Waals surface area (Å²) in [5.74, 6) is 0.255. The smallest absolute Gasteiger partial charge is 0.230 e. The van der Waals surface area contributed by atoms with Crippen LogP contribution in [0.5, 0.6) is 0 Å². The second-order valence-corrected chi connectivity index (χ2v) is 10.2. The van der Waals surface area contributed by atoms with Crippen LogP contribution in [0.2, 0.25) is 10.0 Å². The summed E-state index contributed by atoms with van der Waals surface area (Å²) in [5, 5.41) is 6.24. The van der Waals surface area contributed by atoms with Crippen molar-refractivity contribution in [2.75, 3.05) is 24.2 Å². The van der Waals surface area contributed by atoms with Gasteiger partial charge in [-0.05, 0) is 30.5 Å². The first kappa shape index (κ1) is 25.6. The SMILES string of the molecule is C.O=C(CSc1nc(C(=O)CBr)cs1)NC1CCN(Cc2ccc(Cl)c(Cl)c2)CC1. The molecule has 0 saturated carbocycles. The minimum Gasteiger partial charge on any atom is -0.353 e. The van der Waals surface area contributed by atoms with E-state index in [0.29, 0.717) is 21.5 Å². The molecule has 0 atom stereocenters. The number of carbonyl (C=O) groups is 2. The molecule has 0 bridgehead atoms. The number of aromatic nitrogens is 1. The van der Waals surface area contributed by atoms with Crippen molar-refractivity contribution in [2.45, 2.75) is 37.2 Å². The minimum atomic E-state index is -0.0508. The monoisotopic (exact) mass is 551 g/mol. The molecule has 0 radical (unpaired) electrons. The number of nitrogens with zero attached hydrogens (tertiary/aromatic N) is 2. The molecule has 3 rings (SSSR count). The van der Waals surface area contributed by atoms with E-state index in [9.17, 15) is 9.59 Å². The van der Waals surface area contributed by atoms with E-state index in [-0.39, 0.29) is 30.5 Å². The third kappa shape index (κ3) is 7.50. The lowest BCUT2D eigenvalue weighted by atomic mass is 10.0. The molecule has 1 aromatic heterocycles. The molecular formula is C20H24BrCl2N3O2S2. The molecular weight excluding hydrogens is 529 g/mol. The van der Waals surface area contributed by atoms with Crippen molar-refractivity contribution in [3.8, 4) is 0 Å². The maximum absolute atomic E-state index is 12.3. The van der Waals surface area contributed by atoms with Crippen molar-refractivity contribution < 1.29 is 9.59 Å². The number of hydrogen-bond donors (Lipinski definition) is 1. The zero-order valence-corrected chi connectivity index (χ0v) is 20.2. The fraction of sp³-hybridized carbons (Fsp3) is 0.450. The molecule has 1 aliphatic heterocycles. The van der Waals surface area contributed by atoms with Gasteiger partial charge < -0.3 is 5.32 Å². The Morgan fingerprint density at radius 3 is 2.67 bits per heavy atom. The second kappa shape index (κ2) is 12.4. The largest absolute Gasteiger partial charge is 0.353 e. The van der Waals surface area contributed by atoms with Crippen LogP contribution in [0.4, 0.5) is 0 Å². The van der Waals surface area contributed by atoms with Crippen LogP contribution in [0, 0.1) is 0 Å². The Morgan fingerprint density at radius 2 is 2.00 bits per heavy atom. The van der Waals surface area contributed by atoms with Crippen LogP contribution in [0.15, 0.2) is 27.9 Å². The lowest BCUT2D eigenvalue weighted by Crippen LogP contribution is -2.44. The van der Waals surface area contributed by atoms with Gasteiger partial charge in [0.15, 0.2) is 10.1 Å². The minimum absolute atomic E-state index is 0.